The van der Waals surface area contributed by atoms with Gasteiger partial charge in [0, 0.05) is 22.8 Å². The number of ether oxygens (including phenoxy) is 3. The van der Waals surface area contributed by atoms with Crippen LogP contribution in [0.5, 0.6) is 11.5 Å². The highest BCUT2D eigenvalue weighted by atomic mass is 35.5. The fourth-order valence-corrected chi connectivity index (χ4v) is 2.74. The average Bonchev–Trinajstić information content (AvgIpc) is 3.18. The van der Waals surface area contributed by atoms with Crippen LogP contribution in [0, 0.1) is 0 Å². The average molecular weight is 416 g/mol. The molecule has 1 amide bonds. The lowest BCUT2D eigenvalue weighted by Gasteiger charge is -2.12. The van der Waals surface area contributed by atoms with E-state index in [1.165, 1.54) is 0 Å². The van der Waals surface area contributed by atoms with Gasteiger partial charge >= 0.3 is 0 Å². The van der Waals surface area contributed by atoms with Crippen LogP contribution in [-0.4, -0.2) is 29.4 Å². The number of nitrogens with one attached hydrogen (secondary N) is 1. The molecule has 0 aliphatic carbocycles. The van der Waals surface area contributed by atoms with Crippen molar-refractivity contribution in [3.05, 3.63) is 71.0 Å². The molecule has 3 rings (SSSR count). The smallest absolute Gasteiger partial charge is 0.255 e. The van der Waals surface area contributed by atoms with Crippen molar-refractivity contribution in [3.8, 4) is 11.5 Å². The number of benzene rings is 2. The van der Waals surface area contributed by atoms with Crippen molar-refractivity contribution in [2.45, 2.75) is 20.3 Å². The third kappa shape index (κ3) is 5.73. The predicted octanol–water partition coefficient (Wildman–Crippen LogP) is 4.37. The molecule has 2 aromatic carbocycles. The fourth-order valence-electron chi connectivity index (χ4n) is 2.61. The Labute approximate surface area is 174 Å². The molecule has 1 N–H and O–H groups in total. The van der Waals surface area contributed by atoms with E-state index in [1.807, 2.05) is 6.92 Å². The second kappa shape index (κ2) is 9.95. The van der Waals surface area contributed by atoms with Crippen molar-refractivity contribution in [2.75, 3.05) is 19.0 Å². The molecule has 7 nitrogen and oxygen atoms in total. The summed E-state index contributed by atoms with van der Waals surface area (Å²) >= 11 is 5.89. The zero-order valence-corrected chi connectivity index (χ0v) is 17.0. The summed E-state index contributed by atoms with van der Waals surface area (Å²) in [5.41, 5.74) is 1.82. The van der Waals surface area contributed by atoms with Crippen LogP contribution in [-0.2, 0) is 18.1 Å². The summed E-state index contributed by atoms with van der Waals surface area (Å²) in [6, 6.07) is 12.3. The number of rotatable bonds is 9. The number of aromatic nitrogens is 2. The molecule has 0 saturated heterocycles. The maximum absolute atomic E-state index is 12.6. The van der Waals surface area contributed by atoms with E-state index < -0.39 is 0 Å². The molecule has 152 valence electrons. The lowest BCUT2D eigenvalue weighted by atomic mass is 10.1. The molecule has 0 unspecified atom stereocenters. The number of nitrogens with zero attached hydrogens (tertiary/aromatic N) is 2. The zero-order chi connectivity index (χ0) is 20.6. The van der Waals surface area contributed by atoms with Crippen LogP contribution in [0.4, 0.5) is 5.69 Å². The molecular formula is C21H22ClN3O4. The predicted molar refractivity (Wildman–Crippen MR) is 111 cm³/mol. The van der Waals surface area contributed by atoms with E-state index in [0.29, 0.717) is 41.1 Å². The molecule has 0 fully saturated rings. The molecule has 8 heteroatoms. The highest BCUT2D eigenvalue weighted by Gasteiger charge is 2.12. The van der Waals surface area contributed by atoms with Gasteiger partial charge in [-0.2, -0.15) is 5.10 Å². The van der Waals surface area contributed by atoms with Crippen molar-refractivity contribution >= 4 is 23.2 Å². The molecule has 29 heavy (non-hydrogen) atoms. The molecule has 0 atom stereocenters. The first kappa shape index (κ1) is 20.7. The highest BCUT2D eigenvalue weighted by Crippen LogP contribution is 2.23. The number of anilines is 1. The Hall–Kier alpha value is -3.03. The molecule has 0 bridgehead atoms. The van der Waals surface area contributed by atoms with E-state index in [9.17, 15) is 4.79 Å². The Morgan fingerprint density at radius 1 is 1.21 bits per heavy atom. The SMILES string of the molecule is CCOCn1cc(NC(=O)c2ccc(OC)c(COc3ccc(Cl)cc3)c2)cn1. The van der Waals surface area contributed by atoms with Crippen LogP contribution in [0.3, 0.4) is 0 Å². The summed E-state index contributed by atoms with van der Waals surface area (Å²) in [4.78, 5) is 12.6. The van der Waals surface area contributed by atoms with Crippen molar-refractivity contribution in [3.63, 3.8) is 0 Å². The molecule has 1 aromatic heterocycles. The number of halogens is 1. The largest absolute Gasteiger partial charge is 0.496 e. The summed E-state index contributed by atoms with van der Waals surface area (Å²) in [5, 5.41) is 7.60. The fraction of sp³-hybridized carbons (Fsp3) is 0.238. The van der Waals surface area contributed by atoms with E-state index in [0.717, 1.165) is 5.56 Å². The maximum Gasteiger partial charge on any atom is 0.255 e. The lowest BCUT2D eigenvalue weighted by molar-refractivity contribution is 0.0792. The van der Waals surface area contributed by atoms with Gasteiger partial charge in [-0.15, -0.1) is 0 Å². The second-order valence-electron chi connectivity index (χ2n) is 6.11. The van der Waals surface area contributed by atoms with Gasteiger partial charge in [0.05, 0.1) is 25.2 Å². The first-order valence-electron chi connectivity index (χ1n) is 9.06. The van der Waals surface area contributed by atoms with Crippen LogP contribution < -0.4 is 14.8 Å². The molecular weight excluding hydrogens is 394 g/mol. The Morgan fingerprint density at radius 2 is 2.00 bits per heavy atom. The van der Waals surface area contributed by atoms with Gasteiger partial charge in [0.2, 0.25) is 0 Å². The monoisotopic (exact) mass is 415 g/mol. The first-order valence-corrected chi connectivity index (χ1v) is 9.43. The van der Waals surface area contributed by atoms with Gasteiger partial charge in [-0.25, -0.2) is 4.68 Å². The minimum atomic E-state index is -0.253. The van der Waals surface area contributed by atoms with E-state index >= 15 is 0 Å². The van der Waals surface area contributed by atoms with Crippen molar-refractivity contribution < 1.29 is 19.0 Å². The first-order chi connectivity index (χ1) is 14.1. The summed E-state index contributed by atoms with van der Waals surface area (Å²) in [6.07, 6.45) is 3.28. The second-order valence-corrected chi connectivity index (χ2v) is 6.55. The third-order valence-electron chi connectivity index (χ3n) is 4.07. The Morgan fingerprint density at radius 3 is 2.72 bits per heavy atom. The molecule has 1 heterocycles. The normalized spacial score (nSPS) is 10.6. The van der Waals surface area contributed by atoms with Crippen LogP contribution in [0.15, 0.2) is 54.9 Å². The molecule has 0 aliphatic heterocycles. The van der Waals surface area contributed by atoms with Crippen molar-refractivity contribution in [2.24, 2.45) is 0 Å². The standard InChI is InChI=1S/C21H22ClN3O4/c1-3-28-14-25-12-18(11-23-25)24-21(26)15-4-9-20(27-2)16(10-15)13-29-19-7-5-17(22)6-8-19/h4-12H,3,13-14H2,1-2H3,(H,24,26). The summed E-state index contributed by atoms with van der Waals surface area (Å²) in [7, 11) is 1.58. The van der Waals surface area contributed by atoms with E-state index in [2.05, 4.69) is 10.4 Å². The van der Waals surface area contributed by atoms with Crippen LogP contribution >= 0.6 is 11.6 Å². The van der Waals surface area contributed by atoms with Crippen LogP contribution in [0.2, 0.25) is 5.02 Å². The van der Waals surface area contributed by atoms with Gasteiger partial charge in [0.25, 0.3) is 5.91 Å². The van der Waals surface area contributed by atoms with E-state index in [-0.39, 0.29) is 12.5 Å². The quantitative estimate of drug-likeness (QED) is 0.561. The molecule has 3 aromatic rings. The van der Waals surface area contributed by atoms with Gasteiger partial charge in [0.1, 0.15) is 24.8 Å². The van der Waals surface area contributed by atoms with Gasteiger partial charge in [-0.1, -0.05) is 11.6 Å². The van der Waals surface area contributed by atoms with Gasteiger partial charge < -0.3 is 19.5 Å². The Kier molecular flexibility index (Phi) is 7.10. The number of amides is 1. The number of carbonyl (C=O) groups excluding carboxylic acids is 1. The topological polar surface area (TPSA) is 74.6 Å². The van der Waals surface area contributed by atoms with Crippen molar-refractivity contribution in [1.29, 1.82) is 0 Å². The number of carbonyl (C=O) groups is 1. The van der Waals surface area contributed by atoms with Gasteiger partial charge in [-0.05, 0) is 49.4 Å². The maximum atomic E-state index is 12.6. The zero-order valence-electron chi connectivity index (χ0n) is 16.2. The highest BCUT2D eigenvalue weighted by molar-refractivity contribution is 6.30. The van der Waals surface area contributed by atoms with Crippen LogP contribution in [0.1, 0.15) is 22.8 Å². The number of hydrogen-bond acceptors (Lipinski definition) is 5. The molecule has 0 radical (unpaired) electrons. The van der Waals surface area contributed by atoms with Crippen molar-refractivity contribution in [1.82, 2.24) is 9.78 Å². The molecule has 0 aliphatic rings. The summed E-state index contributed by atoms with van der Waals surface area (Å²) in [6.45, 7) is 3.08. The summed E-state index contributed by atoms with van der Waals surface area (Å²) < 4.78 is 18.1. The number of hydrogen-bond donors (Lipinski definition) is 1. The van der Waals surface area contributed by atoms with Crippen LogP contribution in [0.25, 0.3) is 0 Å². The third-order valence-corrected chi connectivity index (χ3v) is 4.32. The van der Waals surface area contributed by atoms with Gasteiger partial charge in [0.15, 0.2) is 0 Å². The number of methoxy groups -OCH3 is 1. The minimum absolute atomic E-state index is 0.248. The van der Waals surface area contributed by atoms with E-state index in [4.69, 9.17) is 25.8 Å². The Bertz CT molecular complexity index is 957. The molecule has 0 spiro atoms. The summed E-state index contributed by atoms with van der Waals surface area (Å²) in [5.74, 6) is 1.06. The van der Waals surface area contributed by atoms with E-state index in [1.54, 1.807) is 66.6 Å². The Balaban J connectivity index is 1.68. The molecule has 0 saturated carbocycles. The minimum Gasteiger partial charge on any atom is -0.496 e. The van der Waals surface area contributed by atoms with Gasteiger partial charge in [-0.3, -0.25) is 4.79 Å². The lowest BCUT2D eigenvalue weighted by Crippen LogP contribution is -2.12.